The molecule has 0 saturated carbocycles. The summed E-state index contributed by atoms with van der Waals surface area (Å²) in [5.74, 6) is -2.15. The van der Waals surface area contributed by atoms with Crippen molar-refractivity contribution in [2.24, 2.45) is 5.73 Å². The molecule has 1 amide bonds. The molecule has 3 N–H and O–H groups in total. The van der Waals surface area contributed by atoms with Crippen molar-refractivity contribution in [1.29, 1.82) is 0 Å². The average molecular weight is 266 g/mol. The Balaban J connectivity index is 2.30. The van der Waals surface area contributed by atoms with Gasteiger partial charge in [0.2, 0.25) is 0 Å². The van der Waals surface area contributed by atoms with Crippen LogP contribution in [-0.2, 0) is 0 Å². The summed E-state index contributed by atoms with van der Waals surface area (Å²) >= 11 is 0. The van der Waals surface area contributed by atoms with Gasteiger partial charge in [0.1, 0.15) is 17.4 Å². The molecule has 0 aliphatic rings. The van der Waals surface area contributed by atoms with Gasteiger partial charge in [-0.3, -0.25) is 4.79 Å². The topological polar surface area (TPSA) is 68.3 Å². The fourth-order valence-corrected chi connectivity index (χ4v) is 1.69. The summed E-state index contributed by atoms with van der Waals surface area (Å²) < 4.78 is 32.1. The lowest BCUT2D eigenvalue weighted by atomic mass is 10.1. The SMILES string of the molecule is CC(Nc1cc(C(N)=O)c(F)cc1F)c1ccco1. The van der Waals surface area contributed by atoms with E-state index in [-0.39, 0.29) is 17.3 Å². The molecular weight excluding hydrogens is 254 g/mol. The van der Waals surface area contributed by atoms with Crippen LogP contribution in [0.1, 0.15) is 29.1 Å². The van der Waals surface area contributed by atoms with Crippen LogP contribution >= 0.6 is 0 Å². The zero-order valence-electron chi connectivity index (χ0n) is 10.1. The predicted molar refractivity (Wildman–Crippen MR) is 65.6 cm³/mol. The molecular formula is C13H12F2N2O2. The maximum Gasteiger partial charge on any atom is 0.251 e. The molecule has 1 atom stereocenters. The Morgan fingerprint density at radius 2 is 2.11 bits per heavy atom. The largest absolute Gasteiger partial charge is 0.467 e. The molecule has 1 aromatic carbocycles. The van der Waals surface area contributed by atoms with Crippen LogP contribution in [0.15, 0.2) is 34.9 Å². The van der Waals surface area contributed by atoms with Crippen LogP contribution in [0.4, 0.5) is 14.5 Å². The van der Waals surface area contributed by atoms with Crippen molar-refractivity contribution in [3.63, 3.8) is 0 Å². The summed E-state index contributed by atoms with van der Waals surface area (Å²) in [5.41, 5.74) is 4.63. The van der Waals surface area contributed by atoms with E-state index >= 15 is 0 Å². The maximum atomic E-state index is 13.6. The molecule has 2 rings (SSSR count). The highest BCUT2D eigenvalue weighted by Crippen LogP contribution is 2.24. The Morgan fingerprint density at radius 1 is 1.37 bits per heavy atom. The van der Waals surface area contributed by atoms with E-state index in [0.717, 1.165) is 6.07 Å². The minimum absolute atomic E-state index is 0.0147. The highest BCUT2D eigenvalue weighted by molar-refractivity contribution is 5.94. The number of carbonyl (C=O) groups is 1. The number of anilines is 1. The van der Waals surface area contributed by atoms with Crippen molar-refractivity contribution in [2.75, 3.05) is 5.32 Å². The number of benzene rings is 1. The highest BCUT2D eigenvalue weighted by Gasteiger charge is 2.16. The number of nitrogens with one attached hydrogen (secondary N) is 1. The molecule has 0 bridgehead atoms. The molecule has 100 valence electrons. The third-order valence-electron chi connectivity index (χ3n) is 2.66. The number of amides is 1. The number of hydrogen-bond donors (Lipinski definition) is 2. The summed E-state index contributed by atoms with van der Waals surface area (Å²) in [4.78, 5) is 11.0. The molecule has 0 aliphatic carbocycles. The standard InChI is InChI=1S/C13H12F2N2O2/c1-7(12-3-2-4-19-12)17-11-5-8(13(16)18)9(14)6-10(11)15/h2-7,17H,1H3,(H2,16,18). The lowest BCUT2D eigenvalue weighted by Crippen LogP contribution is -2.15. The second-order valence-corrected chi connectivity index (χ2v) is 4.06. The second kappa shape index (κ2) is 5.09. The summed E-state index contributed by atoms with van der Waals surface area (Å²) in [7, 11) is 0. The molecule has 0 aliphatic heterocycles. The highest BCUT2D eigenvalue weighted by atomic mass is 19.1. The van der Waals surface area contributed by atoms with Crippen molar-refractivity contribution in [2.45, 2.75) is 13.0 Å². The monoisotopic (exact) mass is 266 g/mol. The summed E-state index contributed by atoms with van der Waals surface area (Å²) in [6.07, 6.45) is 1.49. The second-order valence-electron chi connectivity index (χ2n) is 4.06. The van der Waals surface area contributed by atoms with Crippen LogP contribution < -0.4 is 11.1 Å². The molecule has 0 saturated heterocycles. The molecule has 1 aromatic heterocycles. The average Bonchev–Trinajstić information content (AvgIpc) is 2.85. The minimum atomic E-state index is -0.985. The fourth-order valence-electron chi connectivity index (χ4n) is 1.69. The van der Waals surface area contributed by atoms with Crippen LogP contribution in [0.3, 0.4) is 0 Å². The molecule has 1 heterocycles. The fraction of sp³-hybridized carbons (Fsp3) is 0.154. The predicted octanol–water partition coefficient (Wildman–Crippen LogP) is 2.83. The third kappa shape index (κ3) is 2.73. The van der Waals surface area contributed by atoms with Crippen LogP contribution in [0.25, 0.3) is 0 Å². The number of carbonyl (C=O) groups excluding carboxylic acids is 1. The van der Waals surface area contributed by atoms with Crippen LogP contribution in [0, 0.1) is 11.6 Å². The van der Waals surface area contributed by atoms with Crippen molar-refractivity contribution in [1.82, 2.24) is 0 Å². The van der Waals surface area contributed by atoms with E-state index in [1.165, 1.54) is 6.26 Å². The Labute approximate surface area is 108 Å². The molecule has 4 nitrogen and oxygen atoms in total. The number of hydrogen-bond acceptors (Lipinski definition) is 3. The van der Waals surface area contributed by atoms with E-state index in [1.807, 2.05) is 0 Å². The first-order valence-corrected chi connectivity index (χ1v) is 5.58. The van der Waals surface area contributed by atoms with E-state index in [9.17, 15) is 13.6 Å². The molecule has 2 aromatic rings. The Morgan fingerprint density at radius 3 is 2.68 bits per heavy atom. The Bertz CT molecular complexity index is 597. The van der Waals surface area contributed by atoms with Gasteiger partial charge in [-0.05, 0) is 25.1 Å². The zero-order valence-corrected chi connectivity index (χ0v) is 10.1. The van der Waals surface area contributed by atoms with E-state index in [2.05, 4.69) is 5.32 Å². The van der Waals surface area contributed by atoms with Gasteiger partial charge in [-0.2, -0.15) is 0 Å². The number of rotatable bonds is 4. The minimum Gasteiger partial charge on any atom is -0.467 e. The molecule has 1 unspecified atom stereocenters. The number of halogens is 2. The van der Waals surface area contributed by atoms with Gasteiger partial charge in [0, 0.05) is 6.07 Å². The number of nitrogens with two attached hydrogens (primary N) is 1. The maximum absolute atomic E-state index is 13.6. The van der Waals surface area contributed by atoms with Gasteiger partial charge in [-0.25, -0.2) is 8.78 Å². The lowest BCUT2D eigenvalue weighted by molar-refractivity contribution is 0.0996. The van der Waals surface area contributed by atoms with Crippen molar-refractivity contribution < 1.29 is 18.0 Å². The van der Waals surface area contributed by atoms with Crippen LogP contribution in [0.2, 0.25) is 0 Å². The quantitative estimate of drug-likeness (QED) is 0.894. The smallest absolute Gasteiger partial charge is 0.251 e. The molecule has 19 heavy (non-hydrogen) atoms. The van der Waals surface area contributed by atoms with Gasteiger partial charge >= 0.3 is 0 Å². The first-order valence-electron chi connectivity index (χ1n) is 5.58. The van der Waals surface area contributed by atoms with E-state index < -0.39 is 17.5 Å². The molecule has 0 radical (unpaired) electrons. The Kier molecular flexibility index (Phi) is 3.50. The van der Waals surface area contributed by atoms with Gasteiger partial charge in [0.25, 0.3) is 5.91 Å². The van der Waals surface area contributed by atoms with Crippen molar-refractivity contribution in [3.05, 3.63) is 53.5 Å². The number of primary amides is 1. The first kappa shape index (κ1) is 13.1. The van der Waals surface area contributed by atoms with E-state index in [4.69, 9.17) is 10.2 Å². The summed E-state index contributed by atoms with van der Waals surface area (Å²) in [5, 5.41) is 2.79. The lowest BCUT2D eigenvalue weighted by Gasteiger charge is -2.14. The summed E-state index contributed by atoms with van der Waals surface area (Å²) in [6.45, 7) is 1.74. The van der Waals surface area contributed by atoms with Crippen LogP contribution in [-0.4, -0.2) is 5.91 Å². The van der Waals surface area contributed by atoms with Gasteiger partial charge in [-0.15, -0.1) is 0 Å². The normalized spacial score (nSPS) is 12.2. The van der Waals surface area contributed by atoms with Gasteiger partial charge in [-0.1, -0.05) is 0 Å². The van der Waals surface area contributed by atoms with Crippen LogP contribution in [0.5, 0.6) is 0 Å². The first-order chi connectivity index (χ1) is 8.99. The van der Waals surface area contributed by atoms with Crippen molar-refractivity contribution in [3.8, 4) is 0 Å². The van der Waals surface area contributed by atoms with Crippen molar-refractivity contribution >= 4 is 11.6 Å². The van der Waals surface area contributed by atoms with Gasteiger partial charge < -0.3 is 15.5 Å². The van der Waals surface area contributed by atoms with E-state index in [0.29, 0.717) is 11.8 Å². The molecule has 0 spiro atoms. The molecule has 6 heteroatoms. The van der Waals surface area contributed by atoms with Gasteiger partial charge in [0.15, 0.2) is 0 Å². The zero-order chi connectivity index (χ0) is 14.0. The molecule has 0 fully saturated rings. The summed E-state index contributed by atoms with van der Waals surface area (Å²) in [6, 6.07) is 4.75. The third-order valence-corrected chi connectivity index (χ3v) is 2.66. The number of furan rings is 1. The Hall–Kier alpha value is -2.37. The van der Waals surface area contributed by atoms with E-state index in [1.54, 1.807) is 19.1 Å². The van der Waals surface area contributed by atoms with Gasteiger partial charge in [0.05, 0.1) is 23.6 Å².